The molecule has 0 unspecified atom stereocenters. The highest BCUT2D eigenvalue weighted by Gasteiger charge is 2.01. The van der Waals surface area contributed by atoms with Crippen molar-refractivity contribution in [1.82, 2.24) is 0 Å². The van der Waals surface area contributed by atoms with Crippen LogP contribution in [0.5, 0.6) is 0 Å². The lowest BCUT2D eigenvalue weighted by Gasteiger charge is -2.00. The Labute approximate surface area is 73.9 Å². The maximum atomic E-state index is 12.5. The van der Waals surface area contributed by atoms with Gasteiger partial charge >= 0.3 is 0 Å². The Morgan fingerprint density at radius 3 is 2.58 bits per heavy atom. The zero-order valence-corrected chi connectivity index (χ0v) is 6.94. The van der Waals surface area contributed by atoms with Gasteiger partial charge in [0, 0.05) is 0 Å². The van der Waals surface area contributed by atoms with E-state index in [-0.39, 0.29) is 12.7 Å². The first-order valence-electron chi connectivity index (χ1n) is 3.31. The second kappa shape index (κ2) is 4.38. The molecule has 0 aliphatic rings. The molecule has 1 aromatic rings. The number of halogens is 3. The van der Waals surface area contributed by atoms with Gasteiger partial charge < -0.3 is 4.74 Å². The molecule has 0 bridgehead atoms. The van der Waals surface area contributed by atoms with Crippen LogP contribution in [0.3, 0.4) is 0 Å². The molecule has 1 nitrogen and oxygen atoms in total. The van der Waals surface area contributed by atoms with Gasteiger partial charge in [-0.1, -0.05) is 17.7 Å². The number of benzene rings is 1. The zero-order chi connectivity index (χ0) is 8.97. The molecule has 0 aliphatic heterocycles. The van der Waals surface area contributed by atoms with Crippen LogP contribution in [0.1, 0.15) is 5.56 Å². The maximum Gasteiger partial charge on any atom is 0.159 e. The molecule has 1 rings (SSSR count). The molecule has 4 heteroatoms. The lowest BCUT2D eigenvalue weighted by molar-refractivity contribution is 0.165. The van der Waals surface area contributed by atoms with Gasteiger partial charge in [0.2, 0.25) is 0 Å². The smallest absolute Gasteiger partial charge is 0.159 e. The molecule has 0 amide bonds. The first kappa shape index (κ1) is 9.42. The SMILES string of the molecule is Fc1ccc(COCCl)cc1F. The van der Waals surface area contributed by atoms with Crippen LogP contribution in [-0.4, -0.2) is 6.07 Å². The van der Waals surface area contributed by atoms with Crippen LogP contribution in [0.2, 0.25) is 0 Å². The molecular weight excluding hydrogens is 186 g/mol. The van der Waals surface area contributed by atoms with E-state index in [1.54, 1.807) is 0 Å². The average molecular weight is 193 g/mol. The summed E-state index contributed by atoms with van der Waals surface area (Å²) in [5, 5.41) is 0. The fourth-order valence-corrected chi connectivity index (χ4v) is 0.863. The van der Waals surface area contributed by atoms with Gasteiger partial charge in [0.25, 0.3) is 0 Å². The highest BCUT2D eigenvalue weighted by atomic mass is 35.5. The second-order valence-corrected chi connectivity index (χ2v) is 2.42. The predicted octanol–water partition coefficient (Wildman–Crippen LogP) is 2.68. The normalized spacial score (nSPS) is 10.2. The highest BCUT2D eigenvalue weighted by Crippen LogP contribution is 2.09. The fourth-order valence-electron chi connectivity index (χ4n) is 0.786. The Hall–Kier alpha value is -0.670. The van der Waals surface area contributed by atoms with E-state index in [4.69, 9.17) is 16.3 Å². The van der Waals surface area contributed by atoms with E-state index < -0.39 is 11.6 Å². The third-order valence-corrected chi connectivity index (χ3v) is 1.48. The van der Waals surface area contributed by atoms with Gasteiger partial charge in [0.1, 0.15) is 6.07 Å². The van der Waals surface area contributed by atoms with Crippen LogP contribution < -0.4 is 0 Å². The Balaban J connectivity index is 2.69. The molecular formula is C8H7ClF2O. The summed E-state index contributed by atoms with van der Waals surface area (Å²) in [6.45, 7) is 0.195. The minimum absolute atomic E-state index is 0.0407. The summed E-state index contributed by atoms with van der Waals surface area (Å²) < 4.78 is 29.7. The van der Waals surface area contributed by atoms with Crippen LogP contribution in [0.15, 0.2) is 18.2 Å². The monoisotopic (exact) mass is 192 g/mol. The topological polar surface area (TPSA) is 9.23 Å². The zero-order valence-electron chi connectivity index (χ0n) is 6.19. The quantitative estimate of drug-likeness (QED) is 0.669. The van der Waals surface area contributed by atoms with Crippen LogP contribution >= 0.6 is 11.6 Å². The molecule has 0 radical (unpaired) electrons. The van der Waals surface area contributed by atoms with Gasteiger partial charge in [-0.2, -0.15) is 0 Å². The van der Waals surface area contributed by atoms with Crippen molar-refractivity contribution in [3.8, 4) is 0 Å². The Morgan fingerprint density at radius 1 is 1.25 bits per heavy atom. The maximum absolute atomic E-state index is 12.5. The number of rotatable bonds is 3. The fraction of sp³-hybridized carbons (Fsp3) is 0.250. The van der Waals surface area contributed by atoms with E-state index in [1.807, 2.05) is 0 Å². The van der Waals surface area contributed by atoms with Crippen LogP contribution in [-0.2, 0) is 11.3 Å². The third kappa shape index (κ3) is 2.43. The minimum atomic E-state index is -0.870. The molecule has 0 atom stereocenters. The summed E-state index contributed by atoms with van der Waals surface area (Å²) in [5.74, 6) is -1.73. The van der Waals surface area contributed by atoms with E-state index >= 15 is 0 Å². The summed E-state index contributed by atoms with van der Waals surface area (Å²) in [6, 6.07) is 3.63. The summed E-state index contributed by atoms with van der Waals surface area (Å²) in [5.41, 5.74) is 0.564. The number of ether oxygens (including phenoxy) is 1. The van der Waals surface area contributed by atoms with E-state index in [0.717, 1.165) is 12.1 Å². The molecule has 0 saturated heterocycles. The van der Waals surface area contributed by atoms with Crippen molar-refractivity contribution in [2.75, 3.05) is 6.07 Å². The van der Waals surface area contributed by atoms with Gasteiger partial charge in [0.05, 0.1) is 6.61 Å². The molecule has 12 heavy (non-hydrogen) atoms. The van der Waals surface area contributed by atoms with E-state index in [2.05, 4.69) is 0 Å². The van der Waals surface area contributed by atoms with Crippen molar-refractivity contribution in [2.24, 2.45) is 0 Å². The van der Waals surface area contributed by atoms with E-state index in [0.29, 0.717) is 5.56 Å². The van der Waals surface area contributed by atoms with Crippen molar-refractivity contribution in [3.05, 3.63) is 35.4 Å². The van der Waals surface area contributed by atoms with E-state index in [1.165, 1.54) is 6.07 Å². The highest BCUT2D eigenvalue weighted by molar-refractivity contribution is 6.17. The van der Waals surface area contributed by atoms with Gasteiger partial charge in [-0.15, -0.1) is 0 Å². The molecule has 0 spiro atoms. The van der Waals surface area contributed by atoms with Crippen molar-refractivity contribution in [3.63, 3.8) is 0 Å². The predicted molar refractivity (Wildman–Crippen MR) is 41.9 cm³/mol. The van der Waals surface area contributed by atoms with Gasteiger partial charge in [0.15, 0.2) is 11.6 Å². The molecule has 66 valence electrons. The third-order valence-electron chi connectivity index (χ3n) is 1.33. The number of hydrogen-bond donors (Lipinski definition) is 0. The summed E-state index contributed by atoms with van der Waals surface area (Å²) in [7, 11) is 0. The van der Waals surface area contributed by atoms with Gasteiger partial charge in [-0.3, -0.25) is 0 Å². The minimum Gasteiger partial charge on any atom is -0.361 e. The Morgan fingerprint density at radius 2 is 2.00 bits per heavy atom. The van der Waals surface area contributed by atoms with Crippen LogP contribution in [0.25, 0.3) is 0 Å². The van der Waals surface area contributed by atoms with Crippen molar-refractivity contribution >= 4 is 11.6 Å². The molecule has 0 fully saturated rings. The molecule has 0 heterocycles. The second-order valence-electron chi connectivity index (χ2n) is 2.21. The molecule has 0 aromatic heterocycles. The Bertz CT molecular complexity index is 265. The number of alkyl halides is 1. The number of hydrogen-bond acceptors (Lipinski definition) is 1. The molecule has 0 N–H and O–H groups in total. The van der Waals surface area contributed by atoms with Crippen molar-refractivity contribution in [1.29, 1.82) is 0 Å². The summed E-state index contributed by atoms with van der Waals surface area (Å²) >= 11 is 5.23. The molecule has 0 aliphatic carbocycles. The summed E-state index contributed by atoms with van der Waals surface area (Å²) in [6.07, 6.45) is 0. The summed E-state index contributed by atoms with van der Waals surface area (Å²) in [4.78, 5) is 0. The molecule has 0 saturated carbocycles. The average Bonchev–Trinajstić information content (AvgIpc) is 2.07. The van der Waals surface area contributed by atoms with E-state index in [9.17, 15) is 8.78 Å². The first-order valence-corrected chi connectivity index (χ1v) is 3.85. The lowest BCUT2D eigenvalue weighted by Crippen LogP contribution is -1.92. The largest absolute Gasteiger partial charge is 0.361 e. The first-order chi connectivity index (χ1) is 5.74. The molecule has 1 aromatic carbocycles. The van der Waals surface area contributed by atoms with Crippen LogP contribution in [0.4, 0.5) is 8.78 Å². The lowest BCUT2D eigenvalue weighted by atomic mass is 10.2. The van der Waals surface area contributed by atoms with Gasteiger partial charge in [-0.05, 0) is 17.7 Å². The standard InChI is InChI=1S/C8H7ClF2O/c9-5-12-4-6-1-2-7(10)8(11)3-6/h1-3H,4-5H2. The Kier molecular flexibility index (Phi) is 3.44. The van der Waals surface area contributed by atoms with Crippen molar-refractivity contribution < 1.29 is 13.5 Å². The van der Waals surface area contributed by atoms with Gasteiger partial charge in [-0.25, -0.2) is 8.78 Å². The van der Waals surface area contributed by atoms with Crippen molar-refractivity contribution in [2.45, 2.75) is 6.61 Å². The van der Waals surface area contributed by atoms with Crippen LogP contribution in [0, 0.1) is 11.6 Å².